The van der Waals surface area contributed by atoms with Gasteiger partial charge in [0.15, 0.2) is 6.61 Å². The van der Waals surface area contributed by atoms with Crippen molar-refractivity contribution in [1.82, 2.24) is 9.99 Å². The quantitative estimate of drug-likeness (QED) is 0.191. The molecule has 1 aromatic carbocycles. The van der Waals surface area contributed by atoms with E-state index in [9.17, 15) is 26.7 Å². The van der Waals surface area contributed by atoms with Crippen LogP contribution in [0.1, 0.15) is 33.4 Å². The largest absolute Gasteiger partial charge is 0.484 e. The fourth-order valence-electron chi connectivity index (χ4n) is 2.19. The minimum Gasteiger partial charge on any atom is -0.484 e. The van der Waals surface area contributed by atoms with Crippen LogP contribution in [0.2, 0.25) is 0 Å². The van der Waals surface area contributed by atoms with E-state index in [1.807, 2.05) is 27.7 Å². The third kappa shape index (κ3) is 9.81. The number of pyridine rings is 1. The van der Waals surface area contributed by atoms with Gasteiger partial charge in [-0.25, -0.2) is 5.84 Å². The third-order valence-corrected chi connectivity index (χ3v) is 3.57. The van der Waals surface area contributed by atoms with E-state index in [0.29, 0.717) is 16.1 Å². The zero-order chi connectivity index (χ0) is 25.7. The first-order valence-electron chi connectivity index (χ1n) is 9.95. The van der Waals surface area contributed by atoms with Gasteiger partial charge in [0.25, 0.3) is 0 Å². The SMILES string of the molecule is CC.CC.N/N=C\N(N)CC(=O)C(F)(F)c1ccc(-c2ccc(OCC(F)(F)F)cc2)cn1. The van der Waals surface area contributed by atoms with Gasteiger partial charge in [-0.3, -0.25) is 14.8 Å². The summed E-state index contributed by atoms with van der Waals surface area (Å²) in [7, 11) is 0. The third-order valence-electron chi connectivity index (χ3n) is 3.57. The summed E-state index contributed by atoms with van der Waals surface area (Å²) < 4.78 is 69.5. The molecule has 7 nitrogen and oxygen atoms in total. The van der Waals surface area contributed by atoms with Crippen molar-refractivity contribution >= 4 is 12.1 Å². The highest BCUT2D eigenvalue weighted by Gasteiger charge is 2.42. The van der Waals surface area contributed by atoms with Crippen LogP contribution in [0.3, 0.4) is 0 Å². The summed E-state index contributed by atoms with van der Waals surface area (Å²) in [5, 5.41) is 3.62. The lowest BCUT2D eigenvalue weighted by Crippen LogP contribution is -2.41. The Kier molecular flexibility index (Phi) is 12.6. The topological polar surface area (TPSA) is 107 Å². The highest BCUT2D eigenvalue weighted by atomic mass is 19.4. The number of alkyl halides is 5. The molecule has 1 aromatic heterocycles. The number of benzene rings is 1. The normalized spacial score (nSPS) is 11.1. The fourth-order valence-corrected chi connectivity index (χ4v) is 2.19. The van der Waals surface area contributed by atoms with E-state index >= 15 is 0 Å². The van der Waals surface area contributed by atoms with E-state index in [0.717, 1.165) is 18.6 Å². The van der Waals surface area contributed by atoms with Gasteiger partial charge in [-0.2, -0.15) is 27.1 Å². The number of carbonyl (C=O) groups is 1. The number of aromatic nitrogens is 1. The van der Waals surface area contributed by atoms with E-state index in [4.69, 9.17) is 11.7 Å². The van der Waals surface area contributed by atoms with Crippen molar-refractivity contribution in [3.63, 3.8) is 0 Å². The van der Waals surface area contributed by atoms with Gasteiger partial charge in [0.2, 0.25) is 5.78 Å². The number of halogens is 5. The minimum atomic E-state index is -4.46. The summed E-state index contributed by atoms with van der Waals surface area (Å²) in [6.45, 7) is 5.74. The maximum atomic E-state index is 14.2. The molecule has 33 heavy (non-hydrogen) atoms. The van der Waals surface area contributed by atoms with E-state index in [-0.39, 0.29) is 5.75 Å². The first-order valence-corrected chi connectivity index (χ1v) is 9.95. The Morgan fingerprint density at radius 3 is 2.03 bits per heavy atom. The second kappa shape index (κ2) is 14.0. The first kappa shape index (κ1) is 29.7. The molecular formula is C21H28F5N5O2. The fraction of sp³-hybridized carbons (Fsp3) is 0.381. The van der Waals surface area contributed by atoms with Crippen LogP contribution in [0.25, 0.3) is 11.1 Å². The average Bonchev–Trinajstić information content (AvgIpc) is 2.80. The molecule has 0 aliphatic carbocycles. The Morgan fingerprint density at radius 1 is 1.03 bits per heavy atom. The molecule has 0 unspecified atom stereocenters. The molecule has 0 atom stereocenters. The summed E-state index contributed by atoms with van der Waals surface area (Å²) in [4.78, 5) is 15.4. The average molecular weight is 477 g/mol. The van der Waals surface area contributed by atoms with E-state index in [1.54, 1.807) is 0 Å². The smallest absolute Gasteiger partial charge is 0.422 e. The molecule has 0 saturated carbocycles. The molecule has 0 fully saturated rings. The van der Waals surface area contributed by atoms with Crippen molar-refractivity contribution in [3.8, 4) is 16.9 Å². The second-order valence-corrected chi connectivity index (χ2v) is 5.79. The van der Waals surface area contributed by atoms with Crippen LogP contribution in [-0.4, -0.2) is 41.4 Å². The summed E-state index contributed by atoms with van der Waals surface area (Å²) in [6, 6.07) is 7.79. The number of ether oxygens (including phenoxy) is 1. The lowest BCUT2D eigenvalue weighted by molar-refractivity contribution is -0.153. The Morgan fingerprint density at radius 2 is 1.58 bits per heavy atom. The number of nitrogens with two attached hydrogens (primary N) is 2. The van der Waals surface area contributed by atoms with Gasteiger partial charge in [0, 0.05) is 11.8 Å². The molecule has 0 aliphatic heterocycles. The maximum Gasteiger partial charge on any atom is 0.422 e. The van der Waals surface area contributed by atoms with E-state index in [2.05, 4.69) is 14.8 Å². The predicted molar refractivity (Wildman–Crippen MR) is 116 cm³/mol. The zero-order valence-corrected chi connectivity index (χ0v) is 18.7. The second-order valence-electron chi connectivity index (χ2n) is 5.79. The van der Waals surface area contributed by atoms with E-state index < -0.39 is 36.7 Å². The van der Waals surface area contributed by atoms with Crippen molar-refractivity contribution in [2.24, 2.45) is 16.8 Å². The van der Waals surface area contributed by atoms with E-state index in [1.165, 1.54) is 30.3 Å². The number of hydrazone groups is 1. The van der Waals surface area contributed by atoms with Gasteiger partial charge < -0.3 is 10.6 Å². The molecule has 0 spiro atoms. The minimum absolute atomic E-state index is 0.000131. The van der Waals surface area contributed by atoms with Gasteiger partial charge in [-0.15, -0.1) is 0 Å². The molecule has 2 aromatic rings. The molecule has 0 aliphatic rings. The molecule has 2 rings (SSSR count). The van der Waals surface area contributed by atoms with Crippen LogP contribution >= 0.6 is 0 Å². The van der Waals surface area contributed by atoms with Gasteiger partial charge in [-0.05, 0) is 23.8 Å². The number of nitrogens with zero attached hydrogens (tertiary/aromatic N) is 3. The highest BCUT2D eigenvalue weighted by Crippen LogP contribution is 2.30. The van der Waals surface area contributed by atoms with Crippen molar-refractivity contribution in [2.45, 2.75) is 39.8 Å². The lowest BCUT2D eigenvalue weighted by Gasteiger charge is -2.18. The lowest BCUT2D eigenvalue weighted by atomic mass is 10.1. The van der Waals surface area contributed by atoms with Crippen molar-refractivity contribution in [1.29, 1.82) is 0 Å². The van der Waals surface area contributed by atoms with Crippen molar-refractivity contribution < 1.29 is 31.5 Å². The molecule has 0 saturated heterocycles. The number of ketones is 1. The highest BCUT2D eigenvalue weighted by molar-refractivity contribution is 5.89. The molecule has 1 heterocycles. The number of hydrogen-bond donors (Lipinski definition) is 2. The van der Waals surface area contributed by atoms with Crippen LogP contribution in [0, 0.1) is 0 Å². The Hall–Kier alpha value is -3.28. The van der Waals surface area contributed by atoms with Crippen molar-refractivity contribution in [2.75, 3.05) is 13.2 Å². The Labute approximate surface area is 189 Å². The maximum absolute atomic E-state index is 14.2. The zero-order valence-electron chi connectivity index (χ0n) is 18.7. The standard InChI is InChI=1S/C17H16F5N5O2.2C2H6/c18-16(19,20)9-29-13-4-1-11(2-5-13)12-3-6-14(25-7-12)17(21,22)15(28)8-27(24)10-26-23;2*1-2/h1-7,10H,8-9,23-24H2;2*1-2H3/b26-10-;;. The summed E-state index contributed by atoms with van der Waals surface area (Å²) >= 11 is 0. The summed E-state index contributed by atoms with van der Waals surface area (Å²) in [6.07, 6.45) is -2.53. The number of rotatable bonds is 8. The molecule has 0 radical (unpaired) electrons. The van der Waals surface area contributed by atoms with Gasteiger partial charge >= 0.3 is 12.1 Å². The van der Waals surface area contributed by atoms with Crippen LogP contribution in [0.5, 0.6) is 5.75 Å². The Balaban J connectivity index is 0.00000242. The van der Waals surface area contributed by atoms with Crippen LogP contribution in [0.4, 0.5) is 22.0 Å². The van der Waals surface area contributed by atoms with Crippen LogP contribution in [0.15, 0.2) is 47.7 Å². The molecule has 12 heteroatoms. The number of hydrazine groups is 1. The monoisotopic (exact) mass is 477 g/mol. The predicted octanol–water partition coefficient (Wildman–Crippen LogP) is 4.48. The molecule has 0 amide bonds. The molecule has 4 N–H and O–H groups in total. The van der Waals surface area contributed by atoms with Gasteiger partial charge in [-0.1, -0.05) is 45.9 Å². The van der Waals surface area contributed by atoms with Crippen LogP contribution in [-0.2, 0) is 10.7 Å². The van der Waals surface area contributed by atoms with Gasteiger partial charge in [0.1, 0.15) is 24.3 Å². The molecule has 184 valence electrons. The number of Topliss-reactive ketones (excluding diaryl/α,β-unsaturated/α-hetero) is 1. The summed E-state index contributed by atoms with van der Waals surface area (Å²) in [5.74, 6) is 4.69. The van der Waals surface area contributed by atoms with Gasteiger partial charge in [0.05, 0.1) is 0 Å². The first-order chi connectivity index (χ1) is 15.5. The molecule has 0 bridgehead atoms. The van der Waals surface area contributed by atoms with Crippen molar-refractivity contribution in [3.05, 3.63) is 48.3 Å². The van der Waals surface area contributed by atoms with Crippen LogP contribution < -0.4 is 16.4 Å². The number of carbonyl (C=O) groups excluding carboxylic acids is 1. The Bertz CT molecular complexity index is 857. The molecular weight excluding hydrogens is 449 g/mol. The summed E-state index contributed by atoms with van der Waals surface area (Å²) in [5.41, 5.74) is 0.134. The number of hydrogen-bond acceptors (Lipinski definition) is 6.